The smallest absolute Gasteiger partial charge is 0.122 e. The molecule has 1 atom stereocenters. The molecule has 1 aliphatic heterocycles. The second-order valence-electron chi connectivity index (χ2n) is 4.49. The van der Waals surface area contributed by atoms with Crippen LogP contribution in [0.15, 0.2) is 45.3 Å². The molecule has 2 aromatic rings. The largest absolute Gasteiger partial charge is 0.493 e. The molecule has 1 nitrogen and oxygen atoms in total. The minimum atomic E-state index is -0.169. The van der Waals surface area contributed by atoms with Crippen LogP contribution in [0.25, 0.3) is 0 Å². The molecule has 98 valence electrons. The third-order valence-electron chi connectivity index (χ3n) is 3.24. The fourth-order valence-corrected chi connectivity index (χ4v) is 3.55. The van der Waals surface area contributed by atoms with E-state index in [1.165, 1.54) is 5.56 Å². The minimum Gasteiger partial charge on any atom is -0.493 e. The molecule has 0 fully saturated rings. The molecule has 3 rings (SSSR count). The Morgan fingerprint density at radius 3 is 2.79 bits per heavy atom. The van der Waals surface area contributed by atoms with Gasteiger partial charge in [0, 0.05) is 15.4 Å². The van der Waals surface area contributed by atoms with Crippen LogP contribution in [-0.4, -0.2) is 6.61 Å². The van der Waals surface area contributed by atoms with Crippen LogP contribution in [0.4, 0.5) is 0 Å². The highest BCUT2D eigenvalue weighted by Gasteiger charge is 2.18. The van der Waals surface area contributed by atoms with Gasteiger partial charge in [-0.15, -0.1) is 11.6 Å². The van der Waals surface area contributed by atoms with Gasteiger partial charge in [0.1, 0.15) is 5.75 Å². The molecule has 19 heavy (non-hydrogen) atoms. The van der Waals surface area contributed by atoms with Crippen molar-refractivity contribution in [2.24, 2.45) is 0 Å². The predicted molar refractivity (Wildman–Crippen MR) is 85.2 cm³/mol. The lowest BCUT2D eigenvalue weighted by molar-refractivity contribution is 0.357. The lowest BCUT2D eigenvalue weighted by Crippen LogP contribution is -1.95. The maximum Gasteiger partial charge on any atom is 0.122 e. The summed E-state index contributed by atoms with van der Waals surface area (Å²) in [7, 11) is 0. The van der Waals surface area contributed by atoms with E-state index in [0.717, 1.165) is 38.8 Å². The van der Waals surface area contributed by atoms with Crippen LogP contribution >= 0.6 is 43.5 Å². The van der Waals surface area contributed by atoms with E-state index in [9.17, 15) is 0 Å². The molecule has 0 bridgehead atoms. The molecule has 4 heteroatoms. The van der Waals surface area contributed by atoms with Gasteiger partial charge in [-0.1, -0.05) is 44.0 Å². The highest BCUT2D eigenvalue weighted by atomic mass is 79.9. The molecule has 1 heterocycles. The number of fused-ring (bicyclic) bond motifs is 1. The van der Waals surface area contributed by atoms with E-state index in [0.29, 0.717) is 0 Å². The van der Waals surface area contributed by atoms with Crippen molar-refractivity contribution in [2.45, 2.75) is 11.8 Å². The Bertz CT molecular complexity index is 628. The zero-order valence-electron chi connectivity index (χ0n) is 10.00. The Labute approximate surface area is 134 Å². The molecule has 0 saturated carbocycles. The summed E-state index contributed by atoms with van der Waals surface area (Å²) in [6.45, 7) is 0.770. The van der Waals surface area contributed by atoms with Crippen LogP contribution in [0.5, 0.6) is 5.75 Å². The number of benzene rings is 2. The molecule has 0 aliphatic carbocycles. The van der Waals surface area contributed by atoms with E-state index in [2.05, 4.69) is 37.9 Å². The van der Waals surface area contributed by atoms with Gasteiger partial charge in [-0.2, -0.15) is 0 Å². The average Bonchev–Trinajstić information content (AvgIpc) is 2.88. The first-order valence-electron chi connectivity index (χ1n) is 6.00. The second-order valence-corrected chi connectivity index (χ2v) is 6.70. The quantitative estimate of drug-likeness (QED) is 0.605. The van der Waals surface area contributed by atoms with Gasteiger partial charge in [-0.3, -0.25) is 0 Å². The molecule has 2 aromatic carbocycles. The van der Waals surface area contributed by atoms with Gasteiger partial charge < -0.3 is 4.74 Å². The van der Waals surface area contributed by atoms with Crippen LogP contribution < -0.4 is 4.74 Å². The van der Waals surface area contributed by atoms with Crippen molar-refractivity contribution >= 4 is 43.5 Å². The summed E-state index contributed by atoms with van der Waals surface area (Å²) in [4.78, 5) is 0. The Morgan fingerprint density at radius 1 is 1.11 bits per heavy atom. The average molecular weight is 403 g/mol. The summed E-state index contributed by atoms with van der Waals surface area (Å²) in [6, 6.07) is 12.2. The van der Waals surface area contributed by atoms with E-state index >= 15 is 0 Å². The SMILES string of the molecule is ClC(c1ccc2c(c1)CCO2)c1cc(Br)ccc1Br. The molecule has 0 aromatic heterocycles. The lowest BCUT2D eigenvalue weighted by atomic mass is 10.0. The topological polar surface area (TPSA) is 9.23 Å². The number of alkyl halides is 1. The summed E-state index contributed by atoms with van der Waals surface area (Å²) in [5.74, 6) is 0.987. The first kappa shape index (κ1) is 13.5. The van der Waals surface area contributed by atoms with E-state index in [4.69, 9.17) is 16.3 Å². The highest BCUT2D eigenvalue weighted by molar-refractivity contribution is 9.11. The summed E-state index contributed by atoms with van der Waals surface area (Å²) in [5.41, 5.74) is 3.41. The van der Waals surface area contributed by atoms with Crippen LogP contribution in [0, 0.1) is 0 Å². The number of hydrogen-bond donors (Lipinski definition) is 0. The van der Waals surface area contributed by atoms with Crippen molar-refractivity contribution in [3.63, 3.8) is 0 Å². The molecule has 0 N–H and O–H groups in total. The Kier molecular flexibility index (Phi) is 3.88. The summed E-state index contributed by atoms with van der Waals surface area (Å²) in [6.07, 6.45) is 0.965. The molecule has 0 spiro atoms. The third kappa shape index (κ3) is 2.69. The van der Waals surface area contributed by atoms with Crippen LogP contribution in [0.3, 0.4) is 0 Å². The Hall–Kier alpha value is -0.510. The van der Waals surface area contributed by atoms with Gasteiger partial charge in [-0.25, -0.2) is 0 Å². The monoisotopic (exact) mass is 400 g/mol. The normalized spacial score (nSPS) is 14.9. The van der Waals surface area contributed by atoms with Crippen molar-refractivity contribution in [3.8, 4) is 5.75 Å². The number of halogens is 3. The number of hydrogen-bond acceptors (Lipinski definition) is 1. The number of ether oxygens (including phenoxy) is 1. The predicted octanol–water partition coefficient (Wildman–Crippen LogP) is 5.47. The zero-order chi connectivity index (χ0) is 13.4. The van der Waals surface area contributed by atoms with Crippen molar-refractivity contribution in [1.82, 2.24) is 0 Å². The fourth-order valence-electron chi connectivity index (χ4n) is 2.25. The molecular formula is C15H11Br2ClO. The van der Waals surface area contributed by atoms with Crippen LogP contribution in [-0.2, 0) is 6.42 Å². The summed E-state index contributed by atoms with van der Waals surface area (Å²) >= 11 is 13.7. The van der Waals surface area contributed by atoms with Crippen molar-refractivity contribution < 1.29 is 4.74 Å². The zero-order valence-corrected chi connectivity index (χ0v) is 13.9. The second kappa shape index (κ2) is 5.47. The van der Waals surface area contributed by atoms with Crippen molar-refractivity contribution in [1.29, 1.82) is 0 Å². The third-order valence-corrected chi connectivity index (χ3v) is 4.94. The van der Waals surface area contributed by atoms with Gasteiger partial charge in [0.2, 0.25) is 0 Å². The van der Waals surface area contributed by atoms with E-state index < -0.39 is 0 Å². The molecule has 0 radical (unpaired) electrons. The molecule has 1 unspecified atom stereocenters. The first-order valence-corrected chi connectivity index (χ1v) is 8.02. The molecule has 0 saturated heterocycles. The van der Waals surface area contributed by atoms with Crippen LogP contribution in [0.2, 0.25) is 0 Å². The van der Waals surface area contributed by atoms with Crippen LogP contribution in [0.1, 0.15) is 22.1 Å². The molecule has 0 amide bonds. The van der Waals surface area contributed by atoms with E-state index in [1.807, 2.05) is 30.3 Å². The maximum absolute atomic E-state index is 6.62. The fraction of sp³-hybridized carbons (Fsp3) is 0.200. The standard InChI is InChI=1S/C15H11Br2ClO/c16-11-2-3-13(17)12(8-11)15(18)10-1-4-14-9(7-10)5-6-19-14/h1-4,7-8,15H,5-6H2. The molecular weight excluding hydrogens is 391 g/mol. The first-order chi connectivity index (χ1) is 9.15. The van der Waals surface area contributed by atoms with Crippen molar-refractivity contribution in [2.75, 3.05) is 6.61 Å². The highest BCUT2D eigenvalue weighted by Crippen LogP contribution is 2.37. The summed E-state index contributed by atoms with van der Waals surface area (Å²) in [5, 5.41) is -0.169. The van der Waals surface area contributed by atoms with Gasteiger partial charge >= 0.3 is 0 Å². The van der Waals surface area contributed by atoms with Gasteiger partial charge in [-0.05, 0) is 41.0 Å². The maximum atomic E-state index is 6.62. The van der Waals surface area contributed by atoms with Gasteiger partial charge in [0.25, 0.3) is 0 Å². The molecule has 1 aliphatic rings. The lowest BCUT2D eigenvalue weighted by Gasteiger charge is -2.14. The Morgan fingerprint density at radius 2 is 1.95 bits per heavy atom. The Balaban J connectivity index is 1.99. The minimum absolute atomic E-state index is 0.169. The van der Waals surface area contributed by atoms with Crippen molar-refractivity contribution in [3.05, 3.63) is 62.0 Å². The number of rotatable bonds is 2. The van der Waals surface area contributed by atoms with E-state index in [-0.39, 0.29) is 5.38 Å². The van der Waals surface area contributed by atoms with Gasteiger partial charge in [0.15, 0.2) is 0 Å². The van der Waals surface area contributed by atoms with Gasteiger partial charge in [0.05, 0.1) is 12.0 Å². The van der Waals surface area contributed by atoms with E-state index in [1.54, 1.807) is 0 Å². The summed E-state index contributed by atoms with van der Waals surface area (Å²) < 4.78 is 7.57.